The van der Waals surface area contributed by atoms with Gasteiger partial charge in [-0.05, 0) is 62.4 Å². The minimum atomic E-state index is -0.299. The maximum atomic E-state index is 13.6. The second-order valence-electron chi connectivity index (χ2n) is 6.01. The summed E-state index contributed by atoms with van der Waals surface area (Å²) >= 11 is 0. The third kappa shape index (κ3) is 2.57. The fourth-order valence-electron chi connectivity index (χ4n) is 3.33. The summed E-state index contributed by atoms with van der Waals surface area (Å²) in [5, 5.41) is 3.43. The number of hydrogen-bond donors (Lipinski definition) is 1. The number of aryl methyl sites for hydroxylation is 1. The molecular formula is C16H21FN2O. The fourth-order valence-corrected chi connectivity index (χ4v) is 3.33. The van der Waals surface area contributed by atoms with Crippen molar-refractivity contribution in [1.82, 2.24) is 10.2 Å². The van der Waals surface area contributed by atoms with Crippen molar-refractivity contribution in [2.75, 3.05) is 26.2 Å². The second kappa shape index (κ2) is 5.52. The molecule has 0 aromatic heterocycles. The number of nitrogens with one attached hydrogen (secondary N) is 1. The van der Waals surface area contributed by atoms with Gasteiger partial charge in [-0.15, -0.1) is 0 Å². The molecule has 0 saturated carbocycles. The van der Waals surface area contributed by atoms with Crippen LogP contribution in [0.2, 0.25) is 0 Å². The third-order valence-corrected chi connectivity index (χ3v) is 4.73. The zero-order valence-corrected chi connectivity index (χ0v) is 11.9. The Balaban J connectivity index is 1.72. The highest BCUT2D eigenvalue weighted by atomic mass is 19.1. The van der Waals surface area contributed by atoms with Gasteiger partial charge < -0.3 is 10.2 Å². The van der Waals surface area contributed by atoms with E-state index in [0.717, 1.165) is 39.0 Å². The summed E-state index contributed by atoms with van der Waals surface area (Å²) in [6.45, 7) is 5.44. The summed E-state index contributed by atoms with van der Waals surface area (Å²) < 4.78 is 13.6. The van der Waals surface area contributed by atoms with Crippen molar-refractivity contribution in [2.45, 2.75) is 19.8 Å². The van der Waals surface area contributed by atoms with Gasteiger partial charge in [-0.25, -0.2) is 4.39 Å². The molecule has 1 N–H and O–H groups in total. The highest BCUT2D eigenvalue weighted by Crippen LogP contribution is 2.27. The van der Waals surface area contributed by atoms with Gasteiger partial charge in [0.2, 0.25) is 0 Å². The minimum Gasteiger partial charge on any atom is -0.339 e. The zero-order valence-electron chi connectivity index (χ0n) is 11.9. The topological polar surface area (TPSA) is 32.3 Å². The Morgan fingerprint density at radius 1 is 1.25 bits per heavy atom. The molecule has 0 aliphatic carbocycles. The molecule has 3 nitrogen and oxygen atoms in total. The molecule has 0 spiro atoms. The van der Waals surface area contributed by atoms with Crippen LogP contribution in [-0.2, 0) is 0 Å². The van der Waals surface area contributed by atoms with E-state index in [2.05, 4.69) is 5.32 Å². The summed E-state index contributed by atoms with van der Waals surface area (Å²) in [5.41, 5.74) is 1.05. The maximum Gasteiger partial charge on any atom is 0.253 e. The van der Waals surface area contributed by atoms with Gasteiger partial charge in [0.15, 0.2) is 0 Å². The number of rotatable bonds is 1. The standard InChI is InChI=1S/C16H21FN2O/c1-11-2-3-12(8-15(11)17)16(20)19-6-4-13-9-18-10-14(13)5-7-19/h2-3,8,13-14,18H,4-7,9-10H2,1H3/t13-,14+. The van der Waals surface area contributed by atoms with E-state index >= 15 is 0 Å². The van der Waals surface area contributed by atoms with Crippen LogP contribution in [0.5, 0.6) is 0 Å². The normalized spacial score (nSPS) is 26.2. The lowest BCUT2D eigenvalue weighted by Crippen LogP contribution is -2.32. The summed E-state index contributed by atoms with van der Waals surface area (Å²) in [4.78, 5) is 14.4. The van der Waals surface area contributed by atoms with E-state index in [1.807, 2.05) is 4.90 Å². The van der Waals surface area contributed by atoms with Gasteiger partial charge in [-0.3, -0.25) is 4.79 Å². The molecule has 4 heteroatoms. The summed E-state index contributed by atoms with van der Waals surface area (Å²) in [5.74, 6) is 1.06. The van der Waals surface area contributed by atoms with Gasteiger partial charge in [0.1, 0.15) is 5.82 Å². The van der Waals surface area contributed by atoms with Crippen molar-refractivity contribution in [3.8, 4) is 0 Å². The summed E-state index contributed by atoms with van der Waals surface area (Å²) in [6, 6.07) is 4.78. The van der Waals surface area contributed by atoms with Crippen molar-refractivity contribution in [3.63, 3.8) is 0 Å². The number of benzene rings is 1. The van der Waals surface area contributed by atoms with E-state index in [1.54, 1.807) is 19.1 Å². The monoisotopic (exact) mass is 276 g/mol. The molecule has 1 aromatic rings. The predicted octanol–water partition coefficient (Wildman–Crippen LogP) is 2.21. The van der Waals surface area contributed by atoms with E-state index in [4.69, 9.17) is 0 Å². The Morgan fingerprint density at radius 3 is 2.50 bits per heavy atom. The summed E-state index contributed by atoms with van der Waals surface area (Å²) in [7, 11) is 0. The molecule has 0 unspecified atom stereocenters. The van der Waals surface area contributed by atoms with Gasteiger partial charge in [0.25, 0.3) is 5.91 Å². The van der Waals surface area contributed by atoms with Crippen LogP contribution in [0, 0.1) is 24.6 Å². The first-order chi connectivity index (χ1) is 9.65. The lowest BCUT2D eigenvalue weighted by molar-refractivity contribution is 0.0758. The quantitative estimate of drug-likeness (QED) is 0.853. The van der Waals surface area contributed by atoms with Gasteiger partial charge in [0.05, 0.1) is 0 Å². The van der Waals surface area contributed by atoms with Crippen LogP contribution in [0.4, 0.5) is 4.39 Å². The first-order valence-electron chi connectivity index (χ1n) is 7.41. The molecule has 1 aromatic carbocycles. The molecule has 1 amide bonds. The van der Waals surface area contributed by atoms with E-state index in [9.17, 15) is 9.18 Å². The number of carbonyl (C=O) groups is 1. The van der Waals surface area contributed by atoms with E-state index in [-0.39, 0.29) is 11.7 Å². The Kier molecular flexibility index (Phi) is 3.74. The Bertz CT molecular complexity index is 503. The lowest BCUT2D eigenvalue weighted by Gasteiger charge is -2.21. The largest absolute Gasteiger partial charge is 0.339 e. The number of fused-ring (bicyclic) bond motifs is 1. The molecule has 0 radical (unpaired) electrons. The average molecular weight is 276 g/mol. The van der Waals surface area contributed by atoms with Crippen LogP contribution in [0.25, 0.3) is 0 Å². The van der Waals surface area contributed by atoms with Crippen molar-refractivity contribution in [2.24, 2.45) is 11.8 Å². The predicted molar refractivity (Wildman–Crippen MR) is 76.1 cm³/mol. The van der Waals surface area contributed by atoms with E-state index in [0.29, 0.717) is 23.0 Å². The molecular weight excluding hydrogens is 255 g/mol. The van der Waals surface area contributed by atoms with Gasteiger partial charge in [0, 0.05) is 18.7 Å². The molecule has 2 atom stereocenters. The van der Waals surface area contributed by atoms with Crippen LogP contribution in [0.15, 0.2) is 18.2 Å². The van der Waals surface area contributed by atoms with Crippen molar-refractivity contribution in [3.05, 3.63) is 35.1 Å². The first-order valence-corrected chi connectivity index (χ1v) is 7.41. The molecule has 3 rings (SSSR count). The molecule has 2 saturated heterocycles. The highest BCUT2D eigenvalue weighted by Gasteiger charge is 2.31. The molecule has 108 valence electrons. The lowest BCUT2D eigenvalue weighted by atomic mass is 9.92. The average Bonchev–Trinajstić information content (AvgIpc) is 2.80. The zero-order chi connectivity index (χ0) is 14.1. The highest BCUT2D eigenvalue weighted by molar-refractivity contribution is 5.94. The molecule has 2 fully saturated rings. The van der Waals surface area contributed by atoms with Crippen molar-refractivity contribution >= 4 is 5.91 Å². The Hall–Kier alpha value is -1.42. The fraction of sp³-hybridized carbons (Fsp3) is 0.562. The molecule has 2 heterocycles. The first kappa shape index (κ1) is 13.6. The second-order valence-corrected chi connectivity index (χ2v) is 6.01. The Labute approximate surface area is 119 Å². The van der Waals surface area contributed by atoms with E-state index in [1.165, 1.54) is 6.07 Å². The van der Waals surface area contributed by atoms with Crippen LogP contribution in [-0.4, -0.2) is 37.0 Å². The number of hydrogen-bond acceptors (Lipinski definition) is 2. The van der Waals surface area contributed by atoms with Crippen LogP contribution in [0.1, 0.15) is 28.8 Å². The number of amides is 1. The van der Waals surface area contributed by atoms with Crippen LogP contribution >= 0.6 is 0 Å². The number of carbonyl (C=O) groups excluding carboxylic acids is 1. The molecule has 2 aliphatic rings. The molecule has 2 aliphatic heterocycles. The number of likely N-dealkylation sites (tertiary alicyclic amines) is 1. The van der Waals surface area contributed by atoms with Crippen LogP contribution in [0.3, 0.4) is 0 Å². The number of halogens is 1. The Morgan fingerprint density at radius 2 is 1.90 bits per heavy atom. The van der Waals surface area contributed by atoms with Crippen molar-refractivity contribution in [1.29, 1.82) is 0 Å². The number of nitrogens with zero attached hydrogens (tertiary/aromatic N) is 1. The third-order valence-electron chi connectivity index (χ3n) is 4.73. The smallest absolute Gasteiger partial charge is 0.253 e. The maximum absolute atomic E-state index is 13.6. The van der Waals surface area contributed by atoms with E-state index < -0.39 is 0 Å². The van der Waals surface area contributed by atoms with Gasteiger partial charge in [-0.2, -0.15) is 0 Å². The van der Waals surface area contributed by atoms with Crippen molar-refractivity contribution < 1.29 is 9.18 Å². The van der Waals surface area contributed by atoms with Gasteiger partial charge >= 0.3 is 0 Å². The summed E-state index contributed by atoms with van der Waals surface area (Å²) in [6.07, 6.45) is 2.11. The minimum absolute atomic E-state index is 0.0307. The van der Waals surface area contributed by atoms with Gasteiger partial charge in [-0.1, -0.05) is 6.07 Å². The molecule has 20 heavy (non-hydrogen) atoms. The SMILES string of the molecule is Cc1ccc(C(=O)N2CC[C@@H]3CNC[C@@H]3CC2)cc1F. The van der Waals surface area contributed by atoms with Crippen LogP contribution < -0.4 is 5.32 Å². The molecule has 0 bridgehead atoms.